The third-order valence-corrected chi connectivity index (χ3v) is 9.20. The highest BCUT2D eigenvalue weighted by Gasteiger charge is 2.42. The summed E-state index contributed by atoms with van der Waals surface area (Å²) in [6.45, 7) is -0.835. The molecule has 174 valence electrons. The van der Waals surface area contributed by atoms with E-state index in [0.29, 0.717) is 10.1 Å². The van der Waals surface area contributed by atoms with Crippen LogP contribution in [0.1, 0.15) is 12.6 Å². The number of hydrogen-bond donors (Lipinski definition) is 5. The fourth-order valence-corrected chi connectivity index (χ4v) is 7.04. The summed E-state index contributed by atoms with van der Waals surface area (Å²) in [5, 5.41) is 12.1. The molecule has 1 aliphatic rings. The van der Waals surface area contributed by atoms with Crippen LogP contribution in [0.2, 0.25) is 0 Å². The molecule has 0 spiro atoms. The second-order valence-electron chi connectivity index (χ2n) is 6.17. The lowest BCUT2D eigenvalue weighted by Crippen LogP contribution is -2.26. The number of nitrogens with zero attached hydrogens (tertiary/aromatic N) is 1. The van der Waals surface area contributed by atoms with Gasteiger partial charge in [0, 0.05) is 18.0 Å². The number of ether oxygens (including phenoxy) is 1. The van der Waals surface area contributed by atoms with Gasteiger partial charge in [0.1, 0.15) is 22.8 Å². The maximum atomic E-state index is 14.3. The average Bonchev–Trinajstić information content (AvgIpc) is 3.20. The quantitative estimate of drug-likeness (QED) is 0.242. The predicted octanol–water partition coefficient (Wildman–Crippen LogP) is 2.56. The van der Waals surface area contributed by atoms with Gasteiger partial charge in [0.15, 0.2) is 0 Å². The molecule has 0 bridgehead atoms. The molecule has 2 aromatic heterocycles. The Bertz CT molecular complexity index is 1180. The van der Waals surface area contributed by atoms with E-state index in [1.807, 2.05) is 0 Å². The standard InChI is InChI=1S/C12H15FNO12P3S2/c13-7-4-14(12(30)11-6(7)1-2-31-11)10-3-8(15)9(24-10)5-23-28(19,20)26-29(21,22)25-27(16,17)18/h1-2,4,8-10,15H,3,5H2,(H,19,20)(H,21,22)(H2,16,17,18)/t8-,9-,10-/m1/s1. The molecule has 0 aliphatic carbocycles. The van der Waals surface area contributed by atoms with E-state index in [4.69, 9.17) is 31.6 Å². The van der Waals surface area contributed by atoms with E-state index in [1.54, 1.807) is 11.4 Å². The largest absolute Gasteiger partial charge is 0.490 e. The predicted molar refractivity (Wildman–Crippen MR) is 105 cm³/mol. The number of rotatable bonds is 8. The van der Waals surface area contributed by atoms with E-state index >= 15 is 0 Å². The van der Waals surface area contributed by atoms with Gasteiger partial charge in [-0.25, -0.2) is 18.1 Å². The number of aliphatic hydroxyl groups excluding tert-OH is 1. The first-order valence-corrected chi connectivity index (χ1v) is 13.9. The van der Waals surface area contributed by atoms with Crippen LogP contribution in [-0.2, 0) is 31.6 Å². The number of hydrogen-bond acceptors (Lipinski definition) is 10. The van der Waals surface area contributed by atoms with Crippen molar-refractivity contribution in [3.05, 3.63) is 28.1 Å². The van der Waals surface area contributed by atoms with Crippen molar-refractivity contribution in [2.45, 2.75) is 24.9 Å². The summed E-state index contributed by atoms with van der Waals surface area (Å²) in [5.74, 6) is -0.570. The third kappa shape index (κ3) is 6.34. The SMILES string of the molecule is O=P(O)(O)OP(=O)(O)OP(=O)(O)OC[C@H]1O[C@@H](n2cc(F)c3ccsc3c2=S)C[C@H]1O. The normalized spacial score (nSPS) is 26.1. The molecule has 0 saturated carbocycles. The Hall–Kier alpha value is -0.410. The Labute approximate surface area is 182 Å². The number of halogens is 1. The molecule has 13 nitrogen and oxygen atoms in total. The summed E-state index contributed by atoms with van der Waals surface area (Å²) < 4.78 is 67.2. The smallest absolute Gasteiger partial charge is 0.390 e. The lowest BCUT2D eigenvalue weighted by Gasteiger charge is -2.20. The maximum Gasteiger partial charge on any atom is 0.490 e. The highest BCUT2D eigenvalue weighted by atomic mass is 32.1. The first kappa shape index (κ1) is 25.2. The zero-order chi connectivity index (χ0) is 23.2. The van der Waals surface area contributed by atoms with Crippen LogP contribution in [0, 0.1) is 10.5 Å². The zero-order valence-corrected chi connectivity index (χ0v) is 19.3. The summed E-state index contributed by atoms with van der Waals surface area (Å²) in [6.07, 6.45) is -2.45. The molecule has 1 aliphatic heterocycles. The van der Waals surface area contributed by atoms with Crippen LogP contribution in [0.15, 0.2) is 17.6 Å². The van der Waals surface area contributed by atoms with Crippen molar-refractivity contribution >= 4 is 57.1 Å². The monoisotopic (exact) mass is 541 g/mol. The van der Waals surface area contributed by atoms with Gasteiger partial charge in [-0.15, -0.1) is 11.3 Å². The zero-order valence-electron chi connectivity index (χ0n) is 15.0. The fraction of sp³-hybridized carbons (Fsp3) is 0.417. The van der Waals surface area contributed by atoms with E-state index in [9.17, 15) is 28.1 Å². The van der Waals surface area contributed by atoms with Gasteiger partial charge in [0.05, 0.1) is 17.4 Å². The Morgan fingerprint density at radius 2 is 1.90 bits per heavy atom. The molecule has 1 saturated heterocycles. The molecule has 2 unspecified atom stereocenters. The molecule has 31 heavy (non-hydrogen) atoms. The number of thiophene rings is 1. The summed E-state index contributed by atoms with van der Waals surface area (Å²) >= 11 is 6.53. The lowest BCUT2D eigenvalue weighted by molar-refractivity contribution is -0.0440. The molecular weight excluding hydrogens is 526 g/mol. The minimum atomic E-state index is -5.66. The summed E-state index contributed by atoms with van der Waals surface area (Å²) in [6, 6.07) is 1.56. The molecule has 0 amide bonds. The highest BCUT2D eigenvalue weighted by molar-refractivity contribution is 7.71. The number of aromatic nitrogens is 1. The molecule has 1 fully saturated rings. The number of aliphatic hydroxyl groups is 1. The van der Waals surface area contributed by atoms with Gasteiger partial charge in [0.25, 0.3) is 0 Å². The molecule has 5 N–H and O–H groups in total. The van der Waals surface area contributed by atoms with Crippen molar-refractivity contribution in [3.8, 4) is 0 Å². The summed E-state index contributed by atoms with van der Waals surface area (Å²) in [7, 11) is -16.6. The highest BCUT2D eigenvalue weighted by Crippen LogP contribution is 2.66. The fourth-order valence-electron chi connectivity index (χ4n) is 2.75. The second kappa shape index (κ2) is 9.09. The number of phosphoric acid groups is 3. The van der Waals surface area contributed by atoms with Crippen molar-refractivity contribution in [2.75, 3.05) is 6.61 Å². The van der Waals surface area contributed by atoms with Crippen molar-refractivity contribution in [2.24, 2.45) is 0 Å². The van der Waals surface area contributed by atoms with Crippen LogP contribution in [0.3, 0.4) is 0 Å². The van der Waals surface area contributed by atoms with E-state index in [2.05, 4.69) is 13.1 Å². The molecule has 3 rings (SSSR count). The van der Waals surface area contributed by atoms with Crippen LogP contribution < -0.4 is 0 Å². The average molecular weight is 541 g/mol. The summed E-state index contributed by atoms with van der Waals surface area (Å²) in [5.41, 5.74) is 0. The molecule has 0 aromatic carbocycles. The number of pyridine rings is 1. The van der Waals surface area contributed by atoms with Crippen LogP contribution >= 0.6 is 47.0 Å². The number of phosphoric ester groups is 1. The van der Waals surface area contributed by atoms with Gasteiger partial charge in [-0.05, 0) is 11.4 Å². The topological polar surface area (TPSA) is 194 Å². The van der Waals surface area contributed by atoms with Crippen molar-refractivity contribution in [1.29, 1.82) is 0 Å². The molecule has 2 aromatic rings. The van der Waals surface area contributed by atoms with Crippen molar-refractivity contribution in [3.63, 3.8) is 0 Å². The minimum Gasteiger partial charge on any atom is -0.390 e. The Balaban J connectivity index is 1.67. The maximum absolute atomic E-state index is 14.3. The van der Waals surface area contributed by atoms with Gasteiger partial charge in [-0.2, -0.15) is 8.62 Å². The molecule has 19 heteroatoms. The van der Waals surface area contributed by atoms with Crippen molar-refractivity contribution in [1.82, 2.24) is 4.57 Å². The first-order chi connectivity index (χ1) is 14.2. The van der Waals surface area contributed by atoms with Gasteiger partial charge in [-0.1, -0.05) is 12.2 Å². The second-order valence-corrected chi connectivity index (χ2v) is 11.9. The van der Waals surface area contributed by atoms with Crippen LogP contribution in [0.5, 0.6) is 0 Å². The van der Waals surface area contributed by atoms with E-state index < -0.39 is 54.3 Å². The van der Waals surface area contributed by atoms with Gasteiger partial charge < -0.3 is 34.0 Å². The van der Waals surface area contributed by atoms with Crippen LogP contribution in [-0.4, -0.2) is 48.1 Å². The Kier molecular flexibility index (Phi) is 7.39. The molecule has 5 atom stereocenters. The number of fused-ring (bicyclic) bond motifs is 1. The summed E-state index contributed by atoms with van der Waals surface area (Å²) in [4.78, 5) is 35.6. The van der Waals surface area contributed by atoms with Crippen LogP contribution in [0.4, 0.5) is 4.39 Å². The first-order valence-electron chi connectivity index (χ1n) is 8.07. The lowest BCUT2D eigenvalue weighted by atomic mass is 10.2. The molecule has 0 radical (unpaired) electrons. The minimum absolute atomic E-state index is 0.0882. The van der Waals surface area contributed by atoms with Crippen molar-refractivity contribution < 1.29 is 60.6 Å². The van der Waals surface area contributed by atoms with Crippen LogP contribution in [0.25, 0.3) is 10.1 Å². The van der Waals surface area contributed by atoms with Gasteiger partial charge >= 0.3 is 23.5 Å². The third-order valence-electron chi connectivity index (χ3n) is 3.94. The van der Waals surface area contributed by atoms with Gasteiger partial charge in [-0.3, -0.25) is 4.52 Å². The van der Waals surface area contributed by atoms with E-state index in [0.717, 1.165) is 6.20 Å². The van der Waals surface area contributed by atoms with E-state index in [-0.39, 0.29) is 11.1 Å². The van der Waals surface area contributed by atoms with Gasteiger partial charge in [0.2, 0.25) is 0 Å². The van der Waals surface area contributed by atoms with E-state index in [1.165, 1.54) is 15.9 Å². The Morgan fingerprint density at radius 1 is 1.23 bits per heavy atom. The Morgan fingerprint density at radius 3 is 2.55 bits per heavy atom. The molecule has 3 heterocycles. The molecular formula is C12H15FNO12P3S2.